The van der Waals surface area contributed by atoms with E-state index >= 15 is 0 Å². The highest BCUT2D eigenvalue weighted by atomic mass is 15.1. The number of nitrogens with zero attached hydrogens (tertiary/aromatic N) is 3. The summed E-state index contributed by atoms with van der Waals surface area (Å²) in [5.41, 5.74) is 8.29. The van der Waals surface area contributed by atoms with Gasteiger partial charge in [-0.1, -0.05) is 115 Å². The Balaban J connectivity index is 1.45. The average Bonchev–Trinajstić information content (AvgIpc) is 3.36. The van der Waals surface area contributed by atoms with Crippen LogP contribution in [0.5, 0.6) is 0 Å². The molecule has 0 saturated carbocycles. The fourth-order valence-electron chi connectivity index (χ4n) is 5.76. The molecule has 182 valence electrons. The minimum absolute atomic E-state index is 0.836. The molecule has 3 heteroatoms. The van der Waals surface area contributed by atoms with Crippen molar-refractivity contribution in [3.05, 3.63) is 140 Å². The third kappa shape index (κ3) is 3.44. The van der Waals surface area contributed by atoms with Crippen LogP contribution in [0.15, 0.2) is 140 Å². The second kappa shape index (κ2) is 8.64. The third-order valence-corrected chi connectivity index (χ3v) is 7.59. The molecule has 0 radical (unpaired) electrons. The van der Waals surface area contributed by atoms with Gasteiger partial charge in [0.25, 0.3) is 0 Å². The topological polar surface area (TPSA) is 30.7 Å². The zero-order valence-electron chi connectivity index (χ0n) is 21.1. The van der Waals surface area contributed by atoms with Gasteiger partial charge in [-0.2, -0.15) is 0 Å². The van der Waals surface area contributed by atoms with Crippen LogP contribution >= 0.6 is 0 Å². The van der Waals surface area contributed by atoms with E-state index in [2.05, 4.69) is 114 Å². The van der Waals surface area contributed by atoms with E-state index in [0.717, 1.165) is 39.1 Å². The van der Waals surface area contributed by atoms with Crippen LogP contribution in [0.1, 0.15) is 0 Å². The largest absolute Gasteiger partial charge is 0.292 e. The molecule has 0 fully saturated rings. The van der Waals surface area contributed by atoms with Crippen LogP contribution < -0.4 is 0 Å². The predicted octanol–water partition coefficient (Wildman–Crippen LogP) is 9.21. The van der Waals surface area contributed by atoms with E-state index in [0.29, 0.717) is 0 Å². The Hall–Kier alpha value is -5.28. The maximum Gasteiger partial charge on any atom is 0.165 e. The summed E-state index contributed by atoms with van der Waals surface area (Å²) < 4.78 is 2.29. The monoisotopic (exact) mass is 497 g/mol. The second-order valence-electron chi connectivity index (χ2n) is 9.86. The lowest BCUT2D eigenvalue weighted by molar-refractivity contribution is 1.08. The van der Waals surface area contributed by atoms with Gasteiger partial charge in [-0.05, 0) is 46.2 Å². The molecule has 0 N–H and O–H groups in total. The van der Waals surface area contributed by atoms with E-state index in [-0.39, 0.29) is 0 Å². The molecule has 8 rings (SSSR count). The summed E-state index contributed by atoms with van der Waals surface area (Å²) in [4.78, 5) is 10.5. The summed E-state index contributed by atoms with van der Waals surface area (Å²) >= 11 is 0. The van der Waals surface area contributed by atoms with Crippen molar-refractivity contribution in [1.29, 1.82) is 0 Å². The van der Waals surface area contributed by atoms with Crippen molar-refractivity contribution in [2.24, 2.45) is 0 Å². The van der Waals surface area contributed by atoms with Crippen LogP contribution in [-0.2, 0) is 0 Å². The van der Waals surface area contributed by atoms with Gasteiger partial charge in [0.1, 0.15) is 5.69 Å². The Morgan fingerprint density at radius 1 is 0.410 bits per heavy atom. The van der Waals surface area contributed by atoms with Crippen molar-refractivity contribution in [3.8, 4) is 28.2 Å². The standard InChI is InChI=1S/C36H23N3/c1-2-10-24(11-3-1)25-18-20-27(21-19-25)35-36(38-31-16-8-7-15-30(31)37-35)39-32-17-9-6-14-29(32)34-28-13-5-4-12-26(28)22-23-33(34)39/h1-23H. The zero-order chi connectivity index (χ0) is 25.8. The molecular weight excluding hydrogens is 474 g/mol. The molecule has 6 aromatic carbocycles. The number of hydrogen-bond donors (Lipinski definition) is 0. The number of hydrogen-bond acceptors (Lipinski definition) is 2. The van der Waals surface area contributed by atoms with Crippen molar-refractivity contribution in [2.75, 3.05) is 0 Å². The van der Waals surface area contributed by atoms with Crippen LogP contribution in [0.2, 0.25) is 0 Å². The summed E-state index contributed by atoms with van der Waals surface area (Å²) in [6, 6.07) is 48.9. The Morgan fingerprint density at radius 3 is 1.85 bits per heavy atom. The van der Waals surface area contributed by atoms with E-state index in [1.807, 2.05) is 30.3 Å². The number of rotatable bonds is 3. The first-order chi connectivity index (χ1) is 19.3. The Bertz CT molecular complexity index is 2160. The van der Waals surface area contributed by atoms with Crippen molar-refractivity contribution in [2.45, 2.75) is 0 Å². The van der Waals surface area contributed by atoms with Gasteiger partial charge in [-0.15, -0.1) is 0 Å². The summed E-state index contributed by atoms with van der Waals surface area (Å²) in [5.74, 6) is 0.836. The lowest BCUT2D eigenvalue weighted by Crippen LogP contribution is -2.03. The smallest absolute Gasteiger partial charge is 0.165 e. The summed E-state index contributed by atoms with van der Waals surface area (Å²) in [6.07, 6.45) is 0. The van der Waals surface area contributed by atoms with Crippen LogP contribution in [-0.4, -0.2) is 14.5 Å². The normalized spacial score (nSPS) is 11.6. The molecule has 8 aromatic rings. The van der Waals surface area contributed by atoms with Gasteiger partial charge in [0.05, 0.1) is 22.1 Å². The van der Waals surface area contributed by atoms with Gasteiger partial charge >= 0.3 is 0 Å². The molecule has 0 aliphatic rings. The third-order valence-electron chi connectivity index (χ3n) is 7.59. The van der Waals surface area contributed by atoms with Gasteiger partial charge in [-0.25, -0.2) is 9.97 Å². The first-order valence-corrected chi connectivity index (χ1v) is 13.2. The van der Waals surface area contributed by atoms with E-state index in [1.165, 1.54) is 32.7 Å². The highest BCUT2D eigenvalue weighted by molar-refractivity contribution is 6.21. The van der Waals surface area contributed by atoms with Gasteiger partial charge in [0, 0.05) is 16.3 Å². The Labute approximate surface area is 225 Å². The molecule has 39 heavy (non-hydrogen) atoms. The van der Waals surface area contributed by atoms with Crippen LogP contribution in [0.3, 0.4) is 0 Å². The molecule has 3 nitrogen and oxygen atoms in total. The molecule has 0 atom stereocenters. The van der Waals surface area contributed by atoms with Crippen LogP contribution in [0.25, 0.3) is 71.8 Å². The van der Waals surface area contributed by atoms with Crippen molar-refractivity contribution in [3.63, 3.8) is 0 Å². The number of fused-ring (bicyclic) bond motifs is 6. The Kier molecular flexibility index (Phi) is 4.82. The number of para-hydroxylation sites is 3. The van der Waals surface area contributed by atoms with E-state index < -0.39 is 0 Å². The fourth-order valence-corrected chi connectivity index (χ4v) is 5.76. The van der Waals surface area contributed by atoms with E-state index in [4.69, 9.17) is 9.97 Å². The first kappa shape index (κ1) is 21.8. The molecule has 2 heterocycles. The minimum atomic E-state index is 0.836. The lowest BCUT2D eigenvalue weighted by Gasteiger charge is -2.14. The van der Waals surface area contributed by atoms with Crippen LogP contribution in [0.4, 0.5) is 0 Å². The van der Waals surface area contributed by atoms with E-state index in [1.54, 1.807) is 0 Å². The maximum absolute atomic E-state index is 5.26. The SMILES string of the molecule is c1ccc(-c2ccc(-c3nc4ccccc4nc3-n3c4ccccc4c4c5ccccc5ccc43)cc2)cc1. The van der Waals surface area contributed by atoms with Crippen LogP contribution in [0, 0.1) is 0 Å². The fraction of sp³-hybridized carbons (Fsp3) is 0. The highest BCUT2D eigenvalue weighted by Gasteiger charge is 2.20. The lowest BCUT2D eigenvalue weighted by atomic mass is 10.0. The molecule has 0 spiro atoms. The second-order valence-corrected chi connectivity index (χ2v) is 9.86. The molecule has 0 amide bonds. The number of benzene rings is 6. The average molecular weight is 498 g/mol. The van der Waals surface area contributed by atoms with Crippen molar-refractivity contribution < 1.29 is 0 Å². The Morgan fingerprint density at radius 2 is 1.03 bits per heavy atom. The minimum Gasteiger partial charge on any atom is -0.292 e. The maximum atomic E-state index is 5.26. The van der Waals surface area contributed by atoms with Crippen molar-refractivity contribution >= 4 is 43.6 Å². The summed E-state index contributed by atoms with van der Waals surface area (Å²) in [5, 5.41) is 4.93. The molecular formula is C36H23N3. The molecule has 0 aliphatic heterocycles. The quantitative estimate of drug-likeness (QED) is 0.244. The molecule has 0 unspecified atom stereocenters. The molecule has 0 bridgehead atoms. The van der Waals surface area contributed by atoms with E-state index in [9.17, 15) is 0 Å². The van der Waals surface area contributed by atoms with Gasteiger partial charge in [-0.3, -0.25) is 4.57 Å². The number of aromatic nitrogens is 3. The molecule has 0 aliphatic carbocycles. The summed E-state index contributed by atoms with van der Waals surface area (Å²) in [7, 11) is 0. The first-order valence-electron chi connectivity index (χ1n) is 13.2. The van der Waals surface area contributed by atoms with Gasteiger partial charge in [0.2, 0.25) is 0 Å². The predicted molar refractivity (Wildman–Crippen MR) is 162 cm³/mol. The van der Waals surface area contributed by atoms with Gasteiger partial charge in [0.15, 0.2) is 5.82 Å². The highest BCUT2D eigenvalue weighted by Crippen LogP contribution is 2.39. The van der Waals surface area contributed by atoms with Crippen molar-refractivity contribution in [1.82, 2.24) is 14.5 Å². The zero-order valence-corrected chi connectivity index (χ0v) is 21.1. The summed E-state index contributed by atoms with van der Waals surface area (Å²) in [6.45, 7) is 0. The van der Waals surface area contributed by atoms with Gasteiger partial charge < -0.3 is 0 Å². The molecule has 2 aromatic heterocycles. The molecule has 0 saturated heterocycles.